The molecule has 0 radical (unpaired) electrons. The van der Waals surface area contributed by atoms with Gasteiger partial charge in [0.25, 0.3) is 5.69 Å². The summed E-state index contributed by atoms with van der Waals surface area (Å²) >= 11 is 0. The van der Waals surface area contributed by atoms with Crippen molar-refractivity contribution in [2.75, 3.05) is 0 Å². The van der Waals surface area contributed by atoms with E-state index in [0.717, 1.165) is 24.0 Å². The molecule has 0 heterocycles. The Morgan fingerprint density at radius 3 is 2.11 bits per heavy atom. The molecule has 1 fully saturated rings. The maximum absolute atomic E-state index is 12.7. The van der Waals surface area contributed by atoms with Crippen LogP contribution in [0.2, 0.25) is 0 Å². The number of ketones is 1. The second-order valence-electron chi connectivity index (χ2n) is 7.24. The van der Waals surface area contributed by atoms with Gasteiger partial charge in [0.05, 0.1) is 10.3 Å². The molecule has 2 aromatic rings. The lowest BCUT2D eigenvalue weighted by molar-refractivity contribution is -0.384. The van der Waals surface area contributed by atoms with Crippen LogP contribution in [0.4, 0.5) is 5.69 Å². The zero-order valence-electron chi connectivity index (χ0n) is 15.1. The van der Waals surface area contributed by atoms with E-state index in [0.29, 0.717) is 12.0 Å². The number of hydrogen-bond donors (Lipinski definition) is 1. The van der Waals surface area contributed by atoms with Crippen LogP contribution in [0, 0.1) is 21.4 Å². The van der Waals surface area contributed by atoms with E-state index in [1.54, 1.807) is 36.4 Å². The quantitative estimate of drug-likeness (QED) is 0.452. The fourth-order valence-corrected chi connectivity index (χ4v) is 3.92. The van der Waals surface area contributed by atoms with Crippen LogP contribution in [0.3, 0.4) is 0 Å². The van der Waals surface area contributed by atoms with Crippen molar-refractivity contribution in [3.8, 4) is 11.1 Å². The van der Waals surface area contributed by atoms with Crippen molar-refractivity contribution < 1.29 is 19.6 Å². The summed E-state index contributed by atoms with van der Waals surface area (Å²) in [6, 6.07) is 13.1. The summed E-state index contributed by atoms with van der Waals surface area (Å²) < 4.78 is 0. The largest absolute Gasteiger partial charge is 0.481 e. The number of carbonyl (C=O) groups excluding carboxylic acids is 1. The average molecular weight is 367 g/mol. The molecule has 0 aromatic heterocycles. The minimum Gasteiger partial charge on any atom is -0.481 e. The molecule has 0 bridgehead atoms. The predicted molar refractivity (Wildman–Crippen MR) is 101 cm³/mol. The molecule has 2 aromatic carbocycles. The highest BCUT2D eigenvalue weighted by Crippen LogP contribution is 2.46. The summed E-state index contributed by atoms with van der Waals surface area (Å²) in [5, 5.41) is 20.4. The first kappa shape index (κ1) is 18.8. The first-order valence-corrected chi connectivity index (χ1v) is 8.95. The van der Waals surface area contributed by atoms with Crippen molar-refractivity contribution in [3.05, 3.63) is 64.2 Å². The number of Topliss-reactive ketones (excluding diaryl/α,β-unsaturated/α-hetero) is 1. The summed E-state index contributed by atoms with van der Waals surface area (Å²) in [5.74, 6) is -1.07. The molecule has 2 atom stereocenters. The van der Waals surface area contributed by atoms with Crippen LogP contribution < -0.4 is 0 Å². The van der Waals surface area contributed by atoms with Crippen LogP contribution in [0.15, 0.2) is 48.5 Å². The number of rotatable bonds is 6. The summed E-state index contributed by atoms with van der Waals surface area (Å²) in [5.41, 5.74) is 1.19. The topological polar surface area (TPSA) is 97.5 Å². The Bertz CT molecular complexity index is 872. The highest BCUT2D eigenvalue weighted by atomic mass is 16.6. The van der Waals surface area contributed by atoms with Gasteiger partial charge in [-0.2, -0.15) is 0 Å². The third-order valence-electron chi connectivity index (χ3n) is 5.72. The third-order valence-corrected chi connectivity index (χ3v) is 5.72. The van der Waals surface area contributed by atoms with Crippen molar-refractivity contribution in [3.63, 3.8) is 0 Å². The number of carbonyl (C=O) groups is 2. The van der Waals surface area contributed by atoms with E-state index in [9.17, 15) is 24.8 Å². The Balaban J connectivity index is 1.77. The van der Waals surface area contributed by atoms with Crippen LogP contribution in [0.25, 0.3) is 11.1 Å². The molecule has 6 nitrogen and oxygen atoms in total. The lowest BCUT2D eigenvalue weighted by Gasteiger charge is -2.28. The Hall–Kier alpha value is -3.02. The second-order valence-corrected chi connectivity index (χ2v) is 7.24. The first-order chi connectivity index (χ1) is 12.8. The molecule has 1 N–H and O–H groups in total. The van der Waals surface area contributed by atoms with Crippen LogP contribution >= 0.6 is 0 Å². The third kappa shape index (κ3) is 3.60. The number of nitro groups is 1. The number of hydrogen-bond acceptors (Lipinski definition) is 4. The highest BCUT2D eigenvalue weighted by Gasteiger charge is 2.48. The molecule has 27 heavy (non-hydrogen) atoms. The van der Waals surface area contributed by atoms with Gasteiger partial charge in [0.1, 0.15) is 0 Å². The van der Waals surface area contributed by atoms with Gasteiger partial charge in [-0.3, -0.25) is 19.7 Å². The van der Waals surface area contributed by atoms with Gasteiger partial charge in [0.2, 0.25) is 0 Å². The molecule has 0 saturated heterocycles. The molecular formula is C21H21NO5. The van der Waals surface area contributed by atoms with E-state index >= 15 is 0 Å². The number of nitrogens with zero attached hydrogens (tertiary/aromatic N) is 1. The predicted octanol–water partition coefficient (Wildman–Crippen LogP) is 4.73. The van der Waals surface area contributed by atoms with Gasteiger partial charge in [0, 0.05) is 24.1 Å². The van der Waals surface area contributed by atoms with Crippen molar-refractivity contribution in [2.45, 2.75) is 32.6 Å². The average Bonchev–Trinajstić information content (AvgIpc) is 3.03. The molecule has 2 unspecified atom stereocenters. The normalized spacial score (nSPS) is 21.7. The van der Waals surface area contributed by atoms with Gasteiger partial charge in [0.15, 0.2) is 5.78 Å². The second kappa shape index (κ2) is 7.31. The van der Waals surface area contributed by atoms with Gasteiger partial charge >= 0.3 is 5.97 Å². The van der Waals surface area contributed by atoms with E-state index in [1.807, 2.05) is 6.92 Å². The summed E-state index contributed by atoms with van der Waals surface area (Å²) in [7, 11) is 0. The summed E-state index contributed by atoms with van der Waals surface area (Å²) in [4.78, 5) is 34.8. The van der Waals surface area contributed by atoms with E-state index in [-0.39, 0.29) is 23.8 Å². The van der Waals surface area contributed by atoms with E-state index < -0.39 is 16.3 Å². The minimum atomic E-state index is -0.964. The Kier molecular flexibility index (Phi) is 5.08. The van der Waals surface area contributed by atoms with Crippen molar-refractivity contribution in [1.29, 1.82) is 0 Å². The summed E-state index contributed by atoms with van der Waals surface area (Å²) in [6.07, 6.45) is 2.22. The zero-order chi connectivity index (χ0) is 19.6. The Morgan fingerprint density at radius 1 is 1.11 bits per heavy atom. The molecule has 1 aliphatic carbocycles. The van der Waals surface area contributed by atoms with Crippen LogP contribution in [0.5, 0.6) is 0 Å². The molecule has 140 valence electrons. The number of nitro benzene ring substituents is 1. The van der Waals surface area contributed by atoms with E-state index in [4.69, 9.17) is 0 Å². The van der Waals surface area contributed by atoms with Gasteiger partial charge in [-0.25, -0.2) is 0 Å². The van der Waals surface area contributed by atoms with Crippen molar-refractivity contribution >= 4 is 17.4 Å². The molecule has 1 aliphatic rings. The summed E-state index contributed by atoms with van der Waals surface area (Å²) in [6.45, 7) is 1.91. The number of non-ortho nitro benzene ring substituents is 1. The van der Waals surface area contributed by atoms with Crippen LogP contribution in [0.1, 0.15) is 43.0 Å². The molecule has 3 rings (SSSR count). The Morgan fingerprint density at radius 2 is 1.67 bits per heavy atom. The van der Waals surface area contributed by atoms with Gasteiger partial charge in [-0.15, -0.1) is 0 Å². The van der Waals surface area contributed by atoms with Crippen LogP contribution in [-0.4, -0.2) is 21.8 Å². The fourth-order valence-electron chi connectivity index (χ4n) is 3.92. The maximum atomic E-state index is 12.7. The minimum absolute atomic E-state index is 0.0143. The van der Waals surface area contributed by atoms with Gasteiger partial charge in [-0.1, -0.05) is 37.6 Å². The van der Waals surface area contributed by atoms with E-state index in [1.165, 1.54) is 12.1 Å². The smallest absolute Gasteiger partial charge is 0.310 e. The fraction of sp³-hybridized carbons (Fsp3) is 0.333. The lowest BCUT2D eigenvalue weighted by atomic mass is 9.74. The highest BCUT2D eigenvalue weighted by molar-refractivity contribution is 5.99. The molecule has 0 spiro atoms. The van der Waals surface area contributed by atoms with Gasteiger partial charge < -0.3 is 5.11 Å². The molecule has 1 saturated carbocycles. The van der Waals surface area contributed by atoms with Crippen LogP contribution in [-0.2, 0) is 4.79 Å². The monoisotopic (exact) mass is 367 g/mol. The standard InChI is InChI=1S/C21H21NO5/c1-14-3-2-12-21(14,20(24)25)13-19(23)17-6-4-15(5-7-17)16-8-10-18(11-9-16)22(26)27/h4-11,14H,2-3,12-13H2,1H3,(H,24,25). The Labute approximate surface area is 157 Å². The lowest BCUT2D eigenvalue weighted by Crippen LogP contribution is -2.35. The molecule has 6 heteroatoms. The first-order valence-electron chi connectivity index (χ1n) is 8.95. The SMILES string of the molecule is CC1CCCC1(CC(=O)c1ccc(-c2ccc([N+](=O)[O-])cc2)cc1)C(=O)O. The maximum Gasteiger partial charge on any atom is 0.310 e. The number of aliphatic carboxylic acids is 1. The van der Waals surface area contributed by atoms with Gasteiger partial charge in [-0.05, 0) is 42.0 Å². The number of benzene rings is 2. The van der Waals surface area contributed by atoms with Crippen molar-refractivity contribution in [2.24, 2.45) is 11.3 Å². The molecular weight excluding hydrogens is 346 g/mol. The number of carboxylic acid groups (broad SMARTS) is 1. The number of carboxylic acids is 1. The van der Waals surface area contributed by atoms with E-state index in [2.05, 4.69) is 0 Å². The molecule has 0 amide bonds. The van der Waals surface area contributed by atoms with Crippen molar-refractivity contribution in [1.82, 2.24) is 0 Å². The zero-order valence-corrected chi connectivity index (χ0v) is 15.1. The molecule has 0 aliphatic heterocycles.